The van der Waals surface area contributed by atoms with Crippen LogP contribution in [0.4, 0.5) is 17.3 Å². The molecule has 0 bridgehead atoms. The molecule has 1 saturated heterocycles. The standard InChI is InChI=1S/C27H35N7O3S/c1-18(2)21-5-6-24(34-15-19(16-34)17-38(4,35)36)23-14-31-26(11-22(21)23)32-25-7-8-30-27(33-25)20(12-28)13-29-9-10-37-3/h5-8,11-14,18-19H,9-10,15-17,28H2,1-4H3,(H,30,31,32,33). The van der Waals surface area contributed by atoms with Crippen LogP contribution in [0.5, 0.6) is 0 Å². The van der Waals surface area contributed by atoms with Gasteiger partial charge in [-0.3, -0.25) is 4.99 Å². The Morgan fingerprint density at radius 1 is 1.24 bits per heavy atom. The zero-order valence-corrected chi connectivity index (χ0v) is 23.1. The molecule has 38 heavy (non-hydrogen) atoms. The van der Waals surface area contributed by atoms with E-state index in [1.54, 1.807) is 25.6 Å². The van der Waals surface area contributed by atoms with Gasteiger partial charge in [0.2, 0.25) is 0 Å². The zero-order chi connectivity index (χ0) is 27.3. The second kappa shape index (κ2) is 11.9. The van der Waals surface area contributed by atoms with E-state index in [4.69, 9.17) is 10.5 Å². The van der Waals surface area contributed by atoms with E-state index in [9.17, 15) is 8.42 Å². The van der Waals surface area contributed by atoms with Crippen molar-refractivity contribution in [3.05, 3.63) is 54.2 Å². The zero-order valence-electron chi connectivity index (χ0n) is 22.3. The number of hydrogen-bond acceptors (Lipinski definition) is 10. The number of nitrogens with two attached hydrogens (primary N) is 1. The van der Waals surface area contributed by atoms with E-state index in [1.165, 1.54) is 18.0 Å². The van der Waals surface area contributed by atoms with Gasteiger partial charge in [0.25, 0.3) is 0 Å². The maximum absolute atomic E-state index is 11.7. The molecule has 202 valence electrons. The number of pyridine rings is 1. The molecular weight excluding hydrogens is 502 g/mol. The molecule has 0 saturated carbocycles. The number of methoxy groups -OCH3 is 1. The number of aromatic nitrogens is 3. The Morgan fingerprint density at radius 2 is 2.03 bits per heavy atom. The third-order valence-corrected chi connectivity index (χ3v) is 7.45. The first-order valence-corrected chi connectivity index (χ1v) is 14.6. The summed E-state index contributed by atoms with van der Waals surface area (Å²) in [5, 5.41) is 5.44. The molecule has 2 aromatic heterocycles. The Balaban J connectivity index is 1.58. The third-order valence-electron chi connectivity index (χ3n) is 6.37. The summed E-state index contributed by atoms with van der Waals surface area (Å²) in [5.74, 6) is 2.39. The minimum absolute atomic E-state index is 0.156. The molecule has 0 unspecified atom stereocenters. The third kappa shape index (κ3) is 6.65. The smallest absolute Gasteiger partial charge is 0.164 e. The van der Waals surface area contributed by atoms with Crippen molar-refractivity contribution in [3.8, 4) is 0 Å². The van der Waals surface area contributed by atoms with Crippen LogP contribution in [-0.4, -0.2) is 74.9 Å². The number of nitrogens with zero attached hydrogens (tertiary/aromatic N) is 5. The molecule has 3 heterocycles. The van der Waals surface area contributed by atoms with Crippen molar-refractivity contribution in [1.82, 2.24) is 15.0 Å². The molecule has 10 nitrogen and oxygen atoms in total. The number of aliphatic imine (C=N–C) groups is 1. The summed E-state index contributed by atoms with van der Waals surface area (Å²) in [5.41, 5.74) is 8.68. The predicted octanol–water partition coefficient (Wildman–Crippen LogP) is 3.39. The molecule has 1 aliphatic rings. The van der Waals surface area contributed by atoms with Gasteiger partial charge in [-0.15, -0.1) is 0 Å². The summed E-state index contributed by atoms with van der Waals surface area (Å²) in [6.45, 7) is 6.81. The van der Waals surface area contributed by atoms with Gasteiger partial charge in [0, 0.05) is 68.3 Å². The van der Waals surface area contributed by atoms with E-state index < -0.39 is 9.84 Å². The van der Waals surface area contributed by atoms with E-state index in [2.05, 4.69) is 56.1 Å². The minimum Gasteiger partial charge on any atom is -0.404 e. The van der Waals surface area contributed by atoms with Crippen molar-refractivity contribution in [2.24, 2.45) is 16.6 Å². The molecular formula is C27H35N7O3S. The highest BCUT2D eigenvalue weighted by atomic mass is 32.2. The molecule has 1 aliphatic heterocycles. The van der Waals surface area contributed by atoms with Crippen LogP contribution >= 0.6 is 0 Å². The lowest BCUT2D eigenvalue weighted by Gasteiger charge is -2.41. The number of sulfone groups is 1. The van der Waals surface area contributed by atoms with Gasteiger partial charge in [-0.1, -0.05) is 19.9 Å². The number of anilines is 3. The Hall–Kier alpha value is -3.57. The van der Waals surface area contributed by atoms with Gasteiger partial charge in [-0.2, -0.15) is 0 Å². The average Bonchev–Trinajstić information content (AvgIpc) is 2.85. The monoisotopic (exact) mass is 537 g/mol. The summed E-state index contributed by atoms with van der Waals surface area (Å²) < 4.78 is 28.4. The fraction of sp³-hybridized carbons (Fsp3) is 0.407. The molecule has 0 aliphatic carbocycles. The van der Waals surface area contributed by atoms with Crippen LogP contribution in [0, 0.1) is 5.92 Å². The number of ether oxygens (including phenoxy) is 1. The number of allylic oxidation sites excluding steroid dienone is 1. The Labute approximate surface area is 224 Å². The van der Waals surface area contributed by atoms with Gasteiger partial charge < -0.3 is 20.7 Å². The number of benzene rings is 1. The summed E-state index contributed by atoms with van der Waals surface area (Å²) >= 11 is 0. The van der Waals surface area contributed by atoms with Gasteiger partial charge in [0.1, 0.15) is 21.5 Å². The van der Waals surface area contributed by atoms with Crippen LogP contribution in [0.2, 0.25) is 0 Å². The quantitative estimate of drug-likeness (QED) is 0.279. The first-order valence-electron chi connectivity index (χ1n) is 12.5. The summed E-state index contributed by atoms with van der Waals surface area (Å²) in [4.78, 5) is 20.1. The molecule has 0 atom stereocenters. The SMILES string of the molecule is COCCN=CC(=CN)c1nccc(Nc2cc3c(C(C)C)ccc(N4CC(CS(C)(=O)=O)C4)c3cn2)n1. The van der Waals surface area contributed by atoms with Crippen LogP contribution < -0.4 is 16.0 Å². The minimum atomic E-state index is -2.98. The topological polar surface area (TPSA) is 136 Å². The summed E-state index contributed by atoms with van der Waals surface area (Å²) in [6.07, 6.45) is 7.89. The Bertz CT molecular complexity index is 1450. The number of hydrogen-bond donors (Lipinski definition) is 2. The van der Waals surface area contributed by atoms with Crippen molar-refractivity contribution >= 4 is 49.7 Å². The lowest BCUT2D eigenvalue weighted by Crippen LogP contribution is -2.49. The number of nitrogens with one attached hydrogen (secondary N) is 1. The van der Waals surface area contributed by atoms with Gasteiger partial charge in [-0.05, 0) is 35.1 Å². The molecule has 1 aromatic carbocycles. The van der Waals surface area contributed by atoms with Crippen molar-refractivity contribution in [3.63, 3.8) is 0 Å². The fourth-order valence-corrected chi connectivity index (χ4v) is 5.64. The van der Waals surface area contributed by atoms with Gasteiger partial charge in [0.05, 0.1) is 24.5 Å². The van der Waals surface area contributed by atoms with Crippen molar-refractivity contribution < 1.29 is 13.2 Å². The molecule has 11 heteroatoms. The predicted molar refractivity (Wildman–Crippen MR) is 154 cm³/mol. The molecule has 0 spiro atoms. The lowest BCUT2D eigenvalue weighted by molar-refractivity contribution is 0.208. The second-order valence-electron chi connectivity index (χ2n) is 9.85. The highest BCUT2D eigenvalue weighted by molar-refractivity contribution is 7.90. The van der Waals surface area contributed by atoms with Crippen LogP contribution in [0.3, 0.4) is 0 Å². The van der Waals surface area contributed by atoms with Gasteiger partial charge in [0.15, 0.2) is 5.82 Å². The van der Waals surface area contributed by atoms with Crippen LogP contribution in [0.15, 0.2) is 47.9 Å². The normalized spacial score (nSPS) is 15.0. The highest BCUT2D eigenvalue weighted by Crippen LogP contribution is 2.37. The number of rotatable bonds is 11. The van der Waals surface area contributed by atoms with Crippen molar-refractivity contribution in [1.29, 1.82) is 0 Å². The fourth-order valence-electron chi connectivity index (χ4n) is 4.58. The maximum Gasteiger partial charge on any atom is 0.164 e. The van der Waals surface area contributed by atoms with Crippen molar-refractivity contribution in [2.75, 3.05) is 55.6 Å². The molecule has 0 radical (unpaired) electrons. The summed E-state index contributed by atoms with van der Waals surface area (Å²) in [6, 6.07) is 8.08. The highest BCUT2D eigenvalue weighted by Gasteiger charge is 2.31. The maximum atomic E-state index is 11.7. The first kappa shape index (κ1) is 27.5. The summed E-state index contributed by atoms with van der Waals surface area (Å²) in [7, 11) is -1.36. The average molecular weight is 538 g/mol. The molecule has 0 amide bonds. The van der Waals surface area contributed by atoms with E-state index in [0.717, 1.165) is 29.5 Å². The first-order chi connectivity index (χ1) is 18.2. The van der Waals surface area contributed by atoms with Crippen LogP contribution in [0.1, 0.15) is 31.2 Å². The van der Waals surface area contributed by atoms with Gasteiger partial charge >= 0.3 is 0 Å². The lowest BCUT2D eigenvalue weighted by atomic mass is 9.93. The van der Waals surface area contributed by atoms with Gasteiger partial charge in [-0.25, -0.2) is 23.4 Å². The molecule has 3 aromatic rings. The van der Waals surface area contributed by atoms with Crippen molar-refractivity contribution in [2.45, 2.75) is 19.8 Å². The van der Waals surface area contributed by atoms with E-state index in [-0.39, 0.29) is 11.7 Å². The van der Waals surface area contributed by atoms with E-state index >= 15 is 0 Å². The Morgan fingerprint density at radius 3 is 2.71 bits per heavy atom. The Kier molecular flexibility index (Phi) is 8.58. The largest absolute Gasteiger partial charge is 0.404 e. The van der Waals surface area contributed by atoms with E-state index in [0.29, 0.717) is 42.1 Å². The van der Waals surface area contributed by atoms with E-state index in [1.807, 2.05) is 12.3 Å². The van der Waals surface area contributed by atoms with Crippen LogP contribution in [-0.2, 0) is 14.6 Å². The molecule has 3 N–H and O–H groups in total. The second-order valence-corrected chi connectivity index (χ2v) is 12.0. The number of fused-ring (bicyclic) bond motifs is 1. The van der Waals surface area contributed by atoms with Crippen LogP contribution in [0.25, 0.3) is 16.3 Å². The molecule has 1 fully saturated rings. The molecule has 4 rings (SSSR count).